The summed E-state index contributed by atoms with van der Waals surface area (Å²) in [5, 5.41) is 5.85. The van der Waals surface area contributed by atoms with E-state index in [0.717, 1.165) is 19.0 Å². The van der Waals surface area contributed by atoms with Crippen LogP contribution >= 0.6 is 11.3 Å². The summed E-state index contributed by atoms with van der Waals surface area (Å²) in [6, 6.07) is 0. The molecule has 0 spiro atoms. The molecule has 1 aromatic rings. The highest BCUT2D eigenvalue weighted by Gasteiger charge is 2.34. The Hall–Kier alpha value is -0.450. The van der Waals surface area contributed by atoms with E-state index >= 15 is 0 Å². The van der Waals surface area contributed by atoms with Crippen LogP contribution in [0.5, 0.6) is 0 Å². The normalized spacial score (nSPS) is 18.2. The second-order valence-corrected chi connectivity index (χ2v) is 7.60. The van der Waals surface area contributed by atoms with Gasteiger partial charge in [-0.3, -0.25) is 4.90 Å². The number of aromatic nitrogens is 1. The predicted molar refractivity (Wildman–Crippen MR) is 87.1 cm³/mol. The Morgan fingerprint density at radius 2 is 2.15 bits per heavy atom. The summed E-state index contributed by atoms with van der Waals surface area (Å²) in [4.78, 5) is 6.86. The van der Waals surface area contributed by atoms with Gasteiger partial charge in [0.1, 0.15) is 0 Å². The number of hydrogen-bond donors (Lipinski definition) is 1. The van der Waals surface area contributed by atoms with Crippen LogP contribution in [0.15, 0.2) is 10.9 Å². The molecule has 1 aliphatic carbocycles. The molecule has 0 aliphatic heterocycles. The van der Waals surface area contributed by atoms with Gasteiger partial charge in [0.25, 0.3) is 0 Å². The molecule has 1 N–H and O–H groups in total. The summed E-state index contributed by atoms with van der Waals surface area (Å²) in [5.41, 5.74) is 3.62. The van der Waals surface area contributed by atoms with Crippen LogP contribution in [0.2, 0.25) is 0 Å². The number of nitrogens with one attached hydrogen (secondary N) is 1. The summed E-state index contributed by atoms with van der Waals surface area (Å²) >= 11 is 1.69. The van der Waals surface area contributed by atoms with Crippen LogP contribution in [-0.2, 0) is 6.54 Å². The van der Waals surface area contributed by atoms with Crippen molar-refractivity contribution in [2.24, 2.45) is 11.3 Å². The number of nitrogens with zero attached hydrogens (tertiary/aromatic N) is 2. The second-order valence-electron chi connectivity index (χ2n) is 6.88. The topological polar surface area (TPSA) is 28.2 Å². The molecule has 1 fully saturated rings. The lowest BCUT2D eigenvalue weighted by molar-refractivity contribution is 0.165. The van der Waals surface area contributed by atoms with Crippen LogP contribution in [0.25, 0.3) is 0 Å². The lowest BCUT2D eigenvalue weighted by Gasteiger charge is -2.34. The standard InChI is InChI=1S/C16H29N3S/c1-14(2)8-17-11-16(6-4-5-7-16)12-19(3)9-15-10-20-13-18-15/h10,13-14,17H,4-9,11-12H2,1-3H3. The van der Waals surface area contributed by atoms with E-state index in [0.29, 0.717) is 5.41 Å². The highest BCUT2D eigenvalue weighted by atomic mass is 32.1. The lowest BCUT2D eigenvalue weighted by atomic mass is 9.85. The molecule has 114 valence electrons. The predicted octanol–water partition coefficient (Wildman–Crippen LogP) is 3.38. The summed E-state index contributed by atoms with van der Waals surface area (Å²) in [7, 11) is 2.24. The van der Waals surface area contributed by atoms with Crippen LogP contribution in [0.4, 0.5) is 0 Å². The third-order valence-electron chi connectivity index (χ3n) is 4.24. The van der Waals surface area contributed by atoms with Crippen LogP contribution in [-0.4, -0.2) is 36.6 Å². The lowest BCUT2D eigenvalue weighted by Crippen LogP contribution is -2.42. The van der Waals surface area contributed by atoms with Crippen molar-refractivity contribution in [2.75, 3.05) is 26.7 Å². The summed E-state index contributed by atoms with van der Waals surface area (Å²) in [5.74, 6) is 0.737. The fourth-order valence-electron chi connectivity index (χ4n) is 3.36. The van der Waals surface area contributed by atoms with Crippen molar-refractivity contribution in [3.05, 3.63) is 16.6 Å². The molecule has 0 saturated heterocycles. The number of rotatable bonds is 8. The molecular formula is C16H29N3S. The van der Waals surface area contributed by atoms with E-state index in [2.05, 4.69) is 41.5 Å². The molecular weight excluding hydrogens is 266 g/mol. The van der Waals surface area contributed by atoms with E-state index in [1.165, 1.54) is 44.5 Å². The van der Waals surface area contributed by atoms with Crippen LogP contribution < -0.4 is 5.32 Å². The zero-order valence-electron chi connectivity index (χ0n) is 13.2. The first kappa shape index (κ1) is 15.9. The van der Waals surface area contributed by atoms with Crippen molar-refractivity contribution in [3.8, 4) is 0 Å². The molecule has 0 atom stereocenters. The Morgan fingerprint density at radius 3 is 2.75 bits per heavy atom. The van der Waals surface area contributed by atoms with Gasteiger partial charge in [-0.25, -0.2) is 4.98 Å². The average molecular weight is 295 g/mol. The average Bonchev–Trinajstić information content (AvgIpc) is 3.01. The van der Waals surface area contributed by atoms with Gasteiger partial charge in [-0.2, -0.15) is 0 Å². The highest BCUT2D eigenvalue weighted by molar-refractivity contribution is 7.07. The van der Waals surface area contributed by atoms with Gasteiger partial charge >= 0.3 is 0 Å². The minimum atomic E-state index is 0.486. The maximum Gasteiger partial charge on any atom is 0.0795 e. The van der Waals surface area contributed by atoms with E-state index < -0.39 is 0 Å². The SMILES string of the molecule is CC(C)CNCC1(CN(C)Cc2cscn2)CCCC1. The molecule has 1 saturated carbocycles. The molecule has 0 radical (unpaired) electrons. The van der Waals surface area contributed by atoms with Gasteiger partial charge < -0.3 is 5.32 Å². The Balaban J connectivity index is 1.84. The third-order valence-corrected chi connectivity index (χ3v) is 4.87. The maximum absolute atomic E-state index is 4.40. The first-order chi connectivity index (χ1) is 9.60. The molecule has 1 heterocycles. The third kappa shape index (κ3) is 4.83. The van der Waals surface area contributed by atoms with E-state index in [-0.39, 0.29) is 0 Å². The monoisotopic (exact) mass is 295 g/mol. The molecule has 0 amide bonds. The summed E-state index contributed by atoms with van der Waals surface area (Å²) in [6.45, 7) is 9.04. The van der Waals surface area contributed by atoms with Crippen molar-refractivity contribution >= 4 is 11.3 Å². The maximum atomic E-state index is 4.40. The van der Waals surface area contributed by atoms with Crippen LogP contribution in [0, 0.1) is 11.3 Å². The van der Waals surface area contributed by atoms with Crippen molar-refractivity contribution in [2.45, 2.75) is 46.1 Å². The first-order valence-corrected chi connectivity index (χ1v) is 8.80. The summed E-state index contributed by atoms with van der Waals surface area (Å²) < 4.78 is 0. The summed E-state index contributed by atoms with van der Waals surface area (Å²) in [6.07, 6.45) is 5.54. The van der Waals surface area contributed by atoms with Crippen molar-refractivity contribution in [1.29, 1.82) is 0 Å². The van der Waals surface area contributed by atoms with E-state index in [4.69, 9.17) is 0 Å². The molecule has 20 heavy (non-hydrogen) atoms. The van der Waals surface area contributed by atoms with Gasteiger partial charge in [-0.15, -0.1) is 11.3 Å². The van der Waals surface area contributed by atoms with Crippen LogP contribution in [0.3, 0.4) is 0 Å². The zero-order chi connectivity index (χ0) is 14.4. The molecule has 0 unspecified atom stereocenters. The fourth-order valence-corrected chi connectivity index (χ4v) is 3.91. The first-order valence-electron chi connectivity index (χ1n) is 7.86. The van der Waals surface area contributed by atoms with Crippen molar-refractivity contribution in [1.82, 2.24) is 15.2 Å². The zero-order valence-corrected chi connectivity index (χ0v) is 14.0. The second kappa shape index (κ2) is 7.53. The molecule has 2 rings (SSSR count). The minimum absolute atomic E-state index is 0.486. The van der Waals surface area contributed by atoms with Crippen molar-refractivity contribution in [3.63, 3.8) is 0 Å². The quantitative estimate of drug-likeness (QED) is 0.797. The largest absolute Gasteiger partial charge is 0.316 e. The van der Waals surface area contributed by atoms with Crippen molar-refractivity contribution < 1.29 is 0 Å². The Bertz CT molecular complexity index is 369. The number of hydrogen-bond acceptors (Lipinski definition) is 4. The smallest absolute Gasteiger partial charge is 0.0795 e. The minimum Gasteiger partial charge on any atom is -0.316 e. The molecule has 1 aliphatic rings. The molecule has 0 aromatic carbocycles. The van der Waals surface area contributed by atoms with Gasteiger partial charge in [0, 0.05) is 25.0 Å². The Labute approximate surface area is 127 Å². The van der Waals surface area contributed by atoms with E-state index in [9.17, 15) is 0 Å². The van der Waals surface area contributed by atoms with E-state index in [1.54, 1.807) is 11.3 Å². The highest BCUT2D eigenvalue weighted by Crippen LogP contribution is 2.38. The fraction of sp³-hybridized carbons (Fsp3) is 0.812. The van der Waals surface area contributed by atoms with Gasteiger partial charge in [0.2, 0.25) is 0 Å². The van der Waals surface area contributed by atoms with Crippen LogP contribution in [0.1, 0.15) is 45.2 Å². The molecule has 1 aromatic heterocycles. The molecule has 0 bridgehead atoms. The van der Waals surface area contributed by atoms with E-state index in [1.807, 2.05) is 5.51 Å². The van der Waals surface area contributed by atoms with Gasteiger partial charge in [0.05, 0.1) is 11.2 Å². The Morgan fingerprint density at radius 1 is 1.40 bits per heavy atom. The van der Waals surface area contributed by atoms with Gasteiger partial charge in [-0.1, -0.05) is 26.7 Å². The number of thiazole rings is 1. The van der Waals surface area contributed by atoms with Gasteiger partial charge in [0.15, 0.2) is 0 Å². The molecule has 4 heteroatoms. The molecule has 3 nitrogen and oxygen atoms in total. The van der Waals surface area contributed by atoms with Gasteiger partial charge in [-0.05, 0) is 37.8 Å². The Kier molecular flexibility index (Phi) is 6.00.